The summed E-state index contributed by atoms with van der Waals surface area (Å²) in [5.41, 5.74) is 0. The number of imidazole rings is 1. The molecular weight excluding hydrogens is 242 g/mol. The van der Waals surface area contributed by atoms with E-state index < -0.39 is 0 Å². The van der Waals surface area contributed by atoms with Crippen LogP contribution in [0.3, 0.4) is 0 Å². The first-order valence-electron chi connectivity index (χ1n) is 7.15. The molecule has 1 heterocycles. The van der Waals surface area contributed by atoms with Crippen molar-refractivity contribution >= 4 is 5.91 Å². The fourth-order valence-corrected chi connectivity index (χ4v) is 1.87. The van der Waals surface area contributed by atoms with Crippen LogP contribution in [0.4, 0.5) is 0 Å². The van der Waals surface area contributed by atoms with Gasteiger partial charge in [0.2, 0.25) is 5.91 Å². The smallest absolute Gasteiger partial charge is 0.220 e. The third-order valence-electron chi connectivity index (χ3n) is 3.22. The number of nitrogens with zero attached hydrogens (tertiary/aromatic N) is 2. The van der Waals surface area contributed by atoms with E-state index in [2.05, 4.69) is 10.3 Å². The number of amides is 1. The van der Waals surface area contributed by atoms with Crippen LogP contribution >= 0.6 is 0 Å². The van der Waals surface area contributed by atoms with Crippen molar-refractivity contribution in [2.24, 2.45) is 5.92 Å². The van der Waals surface area contributed by atoms with Gasteiger partial charge in [-0.1, -0.05) is 0 Å². The normalized spacial score (nSPS) is 14.5. The number of hydrogen-bond donors (Lipinski definition) is 1. The SMILES string of the molecule is O=C(CCCn1ccnc1)NCCCOCC1CC1. The lowest BCUT2D eigenvalue weighted by atomic mass is 10.3. The zero-order valence-electron chi connectivity index (χ0n) is 11.4. The van der Waals surface area contributed by atoms with Gasteiger partial charge in [0.1, 0.15) is 0 Å². The zero-order valence-corrected chi connectivity index (χ0v) is 11.4. The number of nitrogens with one attached hydrogen (secondary N) is 1. The summed E-state index contributed by atoms with van der Waals surface area (Å²) in [4.78, 5) is 15.5. The van der Waals surface area contributed by atoms with E-state index in [-0.39, 0.29) is 5.91 Å². The van der Waals surface area contributed by atoms with Crippen molar-refractivity contribution in [1.82, 2.24) is 14.9 Å². The molecule has 1 aromatic heterocycles. The lowest BCUT2D eigenvalue weighted by Gasteiger charge is -2.06. The van der Waals surface area contributed by atoms with Gasteiger partial charge in [0.15, 0.2) is 0 Å². The van der Waals surface area contributed by atoms with Crippen molar-refractivity contribution in [3.8, 4) is 0 Å². The van der Waals surface area contributed by atoms with E-state index in [4.69, 9.17) is 4.74 Å². The minimum atomic E-state index is 0.127. The Hall–Kier alpha value is -1.36. The zero-order chi connectivity index (χ0) is 13.3. The van der Waals surface area contributed by atoms with Crippen LogP contribution < -0.4 is 5.32 Å². The van der Waals surface area contributed by atoms with Crippen LogP contribution in [0, 0.1) is 5.92 Å². The van der Waals surface area contributed by atoms with Gasteiger partial charge in [-0.2, -0.15) is 0 Å². The van der Waals surface area contributed by atoms with Gasteiger partial charge in [-0.15, -0.1) is 0 Å². The van der Waals surface area contributed by atoms with Crippen LogP contribution in [0.25, 0.3) is 0 Å². The Balaban J connectivity index is 1.38. The van der Waals surface area contributed by atoms with Gasteiger partial charge in [-0.25, -0.2) is 4.98 Å². The predicted molar refractivity (Wildman–Crippen MR) is 72.6 cm³/mol. The molecule has 0 spiro atoms. The highest BCUT2D eigenvalue weighted by atomic mass is 16.5. The number of carbonyl (C=O) groups excluding carboxylic acids is 1. The fourth-order valence-electron chi connectivity index (χ4n) is 1.87. The largest absolute Gasteiger partial charge is 0.381 e. The quantitative estimate of drug-likeness (QED) is 0.654. The second-order valence-electron chi connectivity index (χ2n) is 5.13. The highest BCUT2D eigenvalue weighted by Gasteiger charge is 2.20. The van der Waals surface area contributed by atoms with E-state index in [1.54, 1.807) is 12.5 Å². The molecule has 1 aliphatic rings. The first-order chi connectivity index (χ1) is 9.34. The Bertz CT molecular complexity index is 361. The molecule has 5 nitrogen and oxygen atoms in total. The second kappa shape index (κ2) is 7.94. The molecular formula is C14H23N3O2. The van der Waals surface area contributed by atoms with E-state index in [0.717, 1.165) is 38.5 Å². The van der Waals surface area contributed by atoms with Gasteiger partial charge in [0, 0.05) is 45.1 Å². The number of carbonyl (C=O) groups is 1. The van der Waals surface area contributed by atoms with Gasteiger partial charge in [0.05, 0.1) is 6.33 Å². The van der Waals surface area contributed by atoms with Crippen LogP contribution in [0.15, 0.2) is 18.7 Å². The monoisotopic (exact) mass is 265 g/mol. The predicted octanol–water partition coefficient (Wildman–Crippen LogP) is 1.60. The highest BCUT2D eigenvalue weighted by molar-refractivity contribution is 5.75. The Morgan fingerprint density at radius 3 is 3.05 bits per heavy atom. The van der Waals surface area contributed by atoms with Gasteiger partial charge in [-0.3, -0.25) is 4.79 Å². The molecule has 0 aromatic carbocycles. The first kappa shape index (κ1) is 14.1. The Morgan fingerprint density at radius 1 is 1.42 bits per heavy atom. The van der Waals surface area contributed by atoms with Gasteiger partial charge in [-0.05, 0) is 31.6 Å². The Morgan fingerprint density at radius 2 is 2.32 bits per heavy atom. The summed E-state index contributed by atoms with van der Waals surface area (Å²) in [6.45, 7) is 3.22. The maximum absolute atomic E-state index is 11.5. The molecule has 1 aromatic rings. The standard InChI is InChI=1S/C14H23N3O2/c18-14(3-1-8-17-9-7-15-12-17)16-6-2-10-19-11-13-4-5-13/h7,9,12-13H,1-6,8,10-11H2,(H,16,18). The van der Waals surface area contributed by atoms with Gasteiger partial charge < -0.3 is 14.6 Å². The second-order valence-corrected chi connectivity index (χ2v) is 5.13. The summed E-state index contributed by atoms with van der Waals surface area (Å²) < 4.78 is 7.49. The van der Waals surface area contributed by atoms with Crippen molar-refractivity contribution in [3.05, 3.63) is 18.7 Å². The molecule has 1 N–H and O–H groups in total. The molecule has 0 aliphatic heterocycles. The molecule has 0 radical (unpaired) electrons. The van der Waals surface area contributed by atoms with Gasteiger partial charge >= 0.3 is 0 Å². The molecule has 0 unspecified atom stereocenters. The summed E-state index contributed by atoms with van der Waals surface area (Å²) in [6.07, 6.45) is 10.4. The summed E-state index contributed by atoms with van der Waals surface area (Å²) in [5.74, 6) is 0.945. The number of hydrogen-bond acceptors (Lipinski definition) is 3. The van der Waals surface area contributed by atoms with E-state index >= 15 is 0 Å². The molecule has 1 saturated carbocycles. The summed E-state index contributed by atoms with van der Waals surface area (Å²) in [6, 6.07) is 0. The summed E-state index contributed by atoms with van der Waals surface area (Å²) >= 11 is 0. The molecule has 1 amide bonds. The van der Waals surface area contributed by atoms with Crippen molar-refractivity contribution in [2.75, 3.05) is 19.8 Å². The van der Waals surface area contributed by atoms with Gasteiger partial charge in [0.25, 0.3) is 0 Å². The molecule has 19 heavy (non-hydrogen) atoms. The molecule has 106 valence electrons. The summed E-state index contributed by atoms with van der Waals surface area (Å²) in [5, 5.41) is 2.92. The van der Waals surface area contributed by atoms with E-state index in [9.17, 15) is 4.79 Å². The summed E-state index contributed by atoms with van der Waals surface area (Å²) in [7, 11) is 0. The fraction of sp³-hybridized carbons (Fsp3) is 0.714. The van der Waals surface area contributed by atoms with Crippen molar-refractivity contribution in [1.29, 1.82) is 0 Å². The molecule has 1 aliphatic carbocycles. The number of rotatable bonds is 10. The van der Waals surface area contributed by atoms with Crippen LogP contribution in [0.1, 0.15) is 32.1 Å². The molecule has 2 rings (SSSR count). The average Bonchev–Trinajstić information content (AvgIpc) is 3.08. The first-order valence-corrected chi connectivity index (χ1v) is 7.15. The van der Waals surface area contributed by atoms with E-state index in [1.165, 1.54) is 12.8 Å². The molecule has 0 bridgehead atoms. The van der Waals surface area contributed by atoms with Crippen LogP contribution in [-0.2, 0) is 16.1 Å². The lowest BCUT2D eigenvalue weighted by molar-refractivity contribution is -0.121. The maximum atomic E-state index is 11.5. The van der Waals surface area contributed by atoms with Crippen molar-refractivity contribution in [3.63, 3.8) is 0 Å². The number of aromatic nitrogens is 2. The lowest BCUT2D eigenvalue weighted by Crippen LogP contribution is -2.25. The number of ether oxygens (including phenoxy) is 1. The molecule has 1 fully saturated rings. The average molecular weight is 265 g/mol. The van der Waals surface area contributed by atoms with Crippen LogP contribution in [0.5, 0.6) is 0 Å². The highest BCUT2D eigenvalue weighted by Crippen LogP contribution is 2.28. The third kappa shape index (κ3) is 6.38. The van der Waals surface area contributed by atoms with Crippen molar-refractivity contribution in [2.45, 2.75) is 38.6 Å². The maximum Gasteiger partial charge on any atom is 0.220 e. The minimum absolute atomic E-state index is 0.127. The van der Waals surface area contributed by atoms with E-state index in [1.807, 2.05) is 10.8 Å². The third-order valence-corrected chi connectivity index (χ3v) is 3.22. The van der Waals surface area contributed by atoms with E-state index in [0.29, 0.717) is 13.0 Å². The minimum Gasteiger partial charge on any atom is -0.381 e. The molecule has 0 atom stereocenters. The topological polar surface area (TPSA) is 56.2 Å². The Kier molecular flexibility index (Phi) is 5.88. The van der Waals surface area contributed by atoms with Crippen LogP contribution in [-0.4, -0.2) is 35.2 Å². The molecule has 5 heteroatoms. The van der Waals surface area contributed by atoms with Crippen LogP contribution in [0.2, 0.25) is 0 Å². The van der Waals surface area contributed by atoms with Crippen molar-refractivity contribution < 1.29 is 9.53 Å². The number of aryl methyl sites for hydroxylation is 1. The Labute approximate surface area is 114 Å². The molecule has 0 saturated heterocycles.